The molecule has 7 heteroatoms. The highest BCUT2D eigenvalue weighted by Gasteiger charge is 2.58. The van der Waals surface area contributed by atoms with E-state index in [0.29, 0.717) is 0 Å². The van der Waals surface area contributed by atoms with Crippen LogP contribution in [0.3, 0.4) is 0 Å². The molecule has 2 aliphatic rings. The molecule has 0 amide bonds. The normalized spacial score (nSPS) is 33.3. The molecular formula is C16H20O7. The molecule has 3 rings (SSSR count). The number of aliphatic hydroxyl groups excluding tert-OH is 1. The molecule has 2 saturated heterocycles. The van der Waals surface area contributed by atoms with Crippen molar-refractivity contribution in [2.75, 3.05) is 0 Å². The molecular weight excluding hydrogens is 304 g/mol. The minimum Gasteiger partial charge on any atom is -0.479 e. The summed E-state index contributed by atoms with van der Waals surface area (Å²) in [7, 11) is 0. The number of benzene rings is 1. The fourth-order valence-corrected chi connectivity index (χ4v) is 2.86. The molecule has 2 fully saturated rings. The Balaban J connectivity index is 1.75. The lowest BCUT2D eigenvalue weighted by atomic mass is 10.1. The first-order chi connectivity index (χ1) is 10.9. The van der Waals surface area contributed by atoms with E-state index < -0.39 is 42.5 Å². The van der Waals surface area contributed by atoms with Crippen LogP contribution in [0.15, 0.2) is 30.3 Å². The first-order valence-corrected chi connectivity index (χ1v) is 7.45. The quantitative estimate of drug-likeness (QED) is 0.830. The van der Waals surface area contributed by atoms with E-state index in [0.717, 1.165) is 5.56 Å². The summed E-state index contributed by atoms with van der Waals surface area (Å²) in [6, 6.07) is 9.45. The Hall–Kier alpha value is -1.51. The summed E-state index contributed by atoms with van der Waals surface area (Å²) >= 11 is 0. The number of rotatable bonds is 5. The van der Waals surface area contributed by atoms with Gasteiger partial charge in [-0.25, -0.2) is 4.79 Å². The van der Waals surface area contributed by atoms with Gasteiger partial charge >= 0.3 is 5.97 Å². The zero-order chi connectivity index (χ0) is 16.6. The van der Waals surface area contributed by atoms with Crippen LogP contribution >= 0.6 is 0 Å². The molecule has 1 unspecified atom stereocenters. The topological polar surface area (TPSA) is 94.5 Å². The maximum atomic E-state index is 11.1. The Morgan fingerprint density at radius 2 is 2.00 bits per heavy atom. The molecule has 0 radical (unpaired) electrons. The van der Waals surface area contributed by atoms with Gasteiger partial charge in [0, 0.05) is 0 Å². The van der Waals surface area contributed by atoms with Gasteiger partial charge in [-0.05, 0) is 19.4 Å². The first-order valence-electron chi connectivity index (χ1n) is 7.45. The number of hydrogen-bond donors (Lipinski definition) is 2. The summed E-state index contributed by atoms with van der Waals surface area (Å²) < 4.78 is 22.7. The Kier molecular flexibility index (Phi) is 4.39. The third kappa shape index (κ3) is 3.39. The number of carboxylic acids is 1. The molecule has 0 aromatic heterocycles. The molecule has 126 valence electrons. The third-order valence-corrected chi connectivity index (χ3v) is 3.88. The lowest BCUT2D eigenvalue weighted by molar-refractivity contribution is -0.231. The molecule has 1 aromatic carbocycles. The van der Waals surface area contributed by atoms with Crippen molar-refractivity contribution in [3.63, 3.8) is 0 Å². The SMILES string of the molecule is CC1(C)O[C@H]2OC([C@@H](O)C(=O)O)[C@H](OCc3ccccc3)[C@H]2O1. The van der Waals surface area contributed by atoms with Crippen molar-refractivity contribution in [2.45, 2.75) is 56.9 Å². The van der Waals surface area contributed by atoms with Crippen molar-refractivity contribution in [1.29, 1.82) is 0 Å². The van der Waals surface area contributed by atoms with Crippen LogP contribution in [0.25, 0.3) is 0 Å². The van der Waals surface area contributed by atoms with Crippen molar-refractivity contribution >= 4 is 5.97 Å². The van der Waals surface area contributed by atoms with E-state index in [1.165, 1.54) is 0 Å². The van der Waals surface area contributed by atoms with Gasteiger partial charge in [-0.3, -0.25) is 0 Å². The van der Waals surface area contributed by atoms with Gasteiger partial charge in [0.15, 0.2) is 18.2 Å². The zero-order valence-electron chi connectivity index (χ0n) is 12.9. The highest BCUT2D eigenvalue weighted by atomic mass is 16.8. The average Bonchev–Trinajstić information content (AvgIpc) is 2.97. The van der Waals surface area contributed by atoms with Gasteiger partial charge in [-0.2, -0.15) is 0 Å². The molecule has 23 heavy (non-hydrogen) atoms. The van der Waals surface area contributed by atoms with Crippen LogP contribution in [0.4, 0.5) is 0 Å². The van der Waals surface area contributed by atoms with Gasteiger partial charge in [0.2, 0.25) is 0 Å². The third-order valence-electron chi connectivity index (χ3n) is 3.88. The van der Waals surface area contributed by atoms with E-state index in [1.807, 2.05) is 30.3 Å². The molecule has 7 nitrogen and oxygen atoms in total. The summed E-state index contributed by atoms with van der Waals surface area (Å²) in [6.45, 7) is 3.74. The van der Waals surface area contributed by atoms with Crippen LogP contribution in [-0.2, 0) is 30.3 Å². The van der Waals surface area contributed by atoms with Gasteiger partial charge in [-0.15, -0.1) is 0 Å². The largest absolute Gasteiger partial charge is 0.479 e. The second-order valence-electron chi connectivity index (χ2n) is 6.11. The monoisotopic (exact) mass is 324 g/mol. The van der Waals surface area contributed by atoms with Crippen molar-refractivity contribution < 1.29 is 34.0 Å². The Labute approximate surface area is 133 Å². The molecule has 2 N–H and O–H groups in total. The predicted molar refractivity (Wildman–Crippen MR) is 77.4 cm³/mol. The van der Waals surface area contributed by atoms with E-state index in [-0.39, 0.29) is 6.61 Å². The molecule has 0 spiro atoms. The van der Waals surface area contributed by atoms with Crippen molar-refractivity contribution in [1.82, 2.24) is 0 Å². The van der Waals surface area contributed by atoms with E-state index in [2.05, 4.69) is 0 Å². The average molecular weight is 324 g/mol. The second kappa shape index (κ2) is 6.18. The summed E-state index contributed by atoms with van der Waals surface area (Å²) in [5, 5.41) is 18.9. The molecule has 0 bridgehead atoms. The smallest absolute Gasteiger partial charge is 0.335 e. The number of hydrogen-bond acceptors (Lipinski definition) is 6. The van der Waals surface area contributed by atoms with Gasteiger partial charge in [0.1, 0.15) is 18.3 Å². The lowest BCUT2D eigenvalue weighted by Gasteiger charge is -2.27. The van der Waals surface area contributed by atoms with Crippen LogP contribution in [-0.4, -0.2) is 52.7 Å². The number of ether oxygens (including phenoxy) is 4. The number of fused-ring (bicyclic) bond motifs is 1. The first kappa shape index (κ1) is 16.4. The number of carbonyl (C=O) groups is 1. The molecule has 1 aromatic rings. The van der Waals surface area contributed by atoms with E-state index in [4.69, 9.17) is 24.1 Å². The molecule has 2 aliphatic heterocycles. The summed E-state index contributed by atoms with van der Waals surface area (Å²) in [5.74, 6) is -2.22. The molecule has 5 atom stereocenters. The van der Waals surface area contributed by atoms with Gasteiger partial charge in [-0.1, -0.05) is 30.3 Å². The number of aliphatic hydroxyl groups is 1. The molecule has 0 saturated carbocycles. The standard InChI is InChI=1S/C16H20O7/c1-16(2)22-13-12(20-8-9-6-4-3-5-7-9)11(10(17)14(18)19)21-15(13)23-16/h3-7,10-13,15,17H,8H2,1-2H3,(H,18,19)/t10-,11?,12+,13-,15-/m1/s1. The summed E-state index contributed by atoms with van der Waals surface area (Å²) in [6.07, 6.45) is -4.86. The highest BCUT2D eigenvalue weighted by molar-refractivity contribution is 5.73. The number of carboxylic acid groups (broad SMARTS) is 1. The maximum Gasteiger partial charge on any atom is 0.335 e. The Morgan fingerprint density at radius 1 is 1.30 bits per heavy atom. The van der Waals surface area contributed by atoms with Crippen molar-refractivity contribution in [3.8, 4) is 0 Å². The maximum absolute atomic E-state index is 11.1. The van der Waals surface area contributed by atoms with Crippen molar-refractivity contribution in [2.24, 2.45) is 0 Å². The second-order valence-corrected chi connectivity index (χ2v) is 6.11. The predicted octanol–water partition coefficient (Wildman–Crippen LogP) is 0.894. The molecule has 2 heterocycles. The Morgan fingerprint density at radius 3 is 2.65 bits per heavy atom. The van der Waals surface area contributed by atoms with Crippen LogP contribution in [0, 0.1) is 0 Å². The Bertz CT molecular complexity index is 559. The van der Waals surface area contributed by atoms with Crippen LogP contribution < -0.4 is 0 Å². The minimum absolute atomic E-state index is 0.255. The fraction of sp³-hybridized carbons (Fsp3) is 0.562. The van der Waals surface area contributed by atoms with Gasteiger partial charge < -0.3 is 29.2 Å². The van der Waals surface area contributed by atoms with E-state index in [9.17, 15) is 9.90 Å². The number of aliphatic carboxylic acids is 1. The van der Waals surface area contributed by atoms with Crippen LogP contribution in [0.5, 0.6) is 0 Å². The lowest BCUT2D eigenvalue weighted by Crippen LogP contribution is -2.45. The van der Waals surface area contributed by atoms with Gasteiger partial charge in [0.25, 0.3) is 0 Å². The van der Waals surface area contributed by atoms with E-state index in [1.54, 1.807) is 13.8 Å². The van der Waals surface area contributed by atoms with Crippen LogP contribution in [0.2, 0.25) is 0 Å². The summed E-state index contributed by atoms with van der Waals surface area (Å²) in [4.78, 5) is 11.1. The fourth-order valence-electron chi connectivity index (χ4n) is 2.86. The van der Waals surface area contributed by atoms with Crippen molar-refractivity contribution in [3.05, 3.63) is 35.9 Å². The van der Waals surface area contributed by atoms with Gasteiger partial charge in [0.05, 0.1) is 6.61 Å². The zero-order valence-corrected chi connectivity index (χ0v) is 12.9. The summed E-state index contributed by atoms with van der Waals surface area (Å²) in [5.41, 5.74) is 0.928. The highest BCUT2D eigenvalue weighted by Crippen LogP contribution is 2.39. The van der Waals surface area contributed by atoms with Crippen LogP contribution in [0.1, 0.15) is 19.4 Å². The van der Waals surface area contributed by atoms with E-state index >= 15 is 0 Å². The molecule has 0 aliphatic carbocycles. The minimum atomic E-state index is -1.71.